The molecule has 0 heteroatoms. The standard InChI is InChI=1S/C44H46/c1-25-19-31-32(20-26(25)2)38(30-12-10-14-36-40(30)44(8)18-16-42(36,6)24-44)34-22-28(4)27(3)21-33(34)37(31)29-11-9-13-35-39(29)43(7)17-15-41(35,5)23-43/h9-14,19-22H,15-18,23-24H2,1-8H3. The van der Waals surface area contributed by atoms with Crippen LogP contribution in [0.25, 0.3) is 43.8 Å². The average molecular weight is 575 g/mol. The van der Waals surface area contributed by atoms with E-state index in [9.17, 15) is 0 Å². The lowest BCUT2D eigenvalue weighted by Gasteiger charge is -2.32. The van der Waals surface area contributed by atoms with Crippen molar-refractivity contribution in [3.8, 4) is 22.3 Å². The number of aryl methyl sites for hydroxylation is 4. The minimum atomic E-state index is 0.251. The molecule has 0 spiro atoms. The van der Waals surface area contributed by atoms with Crippen molar-refractivity contribution in [2.24, 2.45) is 0 Å². The van der Waals surface area contributed by atoms with Gasteiger partial charge in [0.15, 0.2) is 0 Å². The molecule has 222 valence electrons. The van der Waals surface area contributed by atoms with Crippen molar-refractivity contribution in [1.82, 2.24) is 0 Å². The van der Waals surface area contributed by atoms with Gasteiger partial charge in [-0.05, 0) is 176 Å². The van der Waals surface area contributed by atoms with Crippen molar-refractivity contribution >= 4 is 21.5 Å². The maximum atomic E-state index is 2.56. The first-order chi connectivity index (χ1) is 20.9. The molecule has 0 aliphatic heterocycles. The monoisotopic (exact) mass is 574 g/mol. The molecule has 0 radical (unpaired) electrons. The van der Waals surface area contributed by atoms with Gasteiger partial charge in [0.25, 0.3) is 0 Å². The molecule has 4 bridgehead atoms. The Morgan fingerprint density at radius 3 is 1.09 bits per heavy atom. The third-order valence-corrected chi connectivity index (χ3v) is 13.5. The molecule has 0 heterocycles. The zero-order valence-electron chi connectivity index (χ0n) is 28.0. The predicted molar refractivity (Wildman–Crippen MR) is 188 cm³/mol. The van der Waals surface area contributed by atoms with Gasteiger partial charge in [0.05, 0.1) is 0 Å². The first-order valence-corrected chi connectivity index (χ1v) is 17.1. The first-order valence-electron chi connectivity index (χ1n) is 17.1. The van der Waals surface area contributed by atoms with Crippen molar-refractivity contribution in [2.45, 2.75) is 116 Å². The average Bonchev–Trinajstić information content (AvgIpc) is 3.63. The molecule has 5 aromatic carbocycles. The molecule has 0 saturated heterocycles. The fraction of sp³-hybridized carbons (Fsp3) is 0.409. The molecule has 2 saturated carbocycles. The van der Waals surface area contributed by atoms with E-state index in [1.54, 1.807) is 22.3 Å². The highest BCUT2D eigenvalue weighted by atomic mass is 14.6. The fourth-order valence-electron chi connectivity index (χ4n) is 11.2. The Morgan fingerprint density at radius 2 is 0.750 bits per heavy atom. The number of fused-ring (bicyclic) bond motifs is 12. The third-order valence-electron chi connectivity index (χ3n) is 13.5. The van der Waals surface area contributed by atoms with Gasteiger partial charge in [-0.3, -0.25) is 0 Å². The van der Waals surface area contributed by atoms with Crippen LogP contribution in [0, 0.1) is 27.7 Å². The van der Waals surface area contributed by atoms with Gasteiger partial charge in [0.1, 0.15) is 0 Å². The first kappa shape index (κ1) is 27.0. The number of benzene rings is 5. The highest BCUT2D eigenvalue weighted by Crippen LogP contribution is 2.65. The molecular weight excluding hydrogens is 528 g/mol. The van der Waals surface area contributed by atoms with E-state index in [2.05, 4.69) is 116 Å². The summed E-state index contributed by atoms with van der Waals surface area (Å²) in [5.74, 6) is 0. The van der Waals surface area contributed by atoms with E-state index in [0.29, 0.717) is 10.8 Å². The summed E-state index contributed by atoms with van der Waals surface area (Å²) in [7, 11) is 0. The van der Waals surface area contributed by atoms with E-state index in [0.717, 1.165) is 0 Å². The minimum Gasteiger partial charge on any atom is -0.0613 e. The number of hydrogen-bond donors (Lipinski definition) is 0. The molecule has 4 unspecified atom stereocenters. The molecule has 0 amide bonds. The Hall–Kier alpha value is -3.38. The Morgan fingerprint density at radius 1 is 0.432 bits per heavy atom. The van der Waals surface area contributed by atoms with Crippen LogP contribution in [0.4, 0.5) is 0 Å². The Labute approximate surface area is 263 Å². The van der Waals surface area contributed by atoms with Crippen molar-refractivity contribution < 1.29 is 0 Å². The van der Waals surface area contributed by atoms with Gasteiger partial charge in [-0.1, -0.05) is 88.4 Å². The third kappa shape index (κ3) is 3.20. The Bertz CT molecular complexity index is 1900. The van der Waals surface area contributed by atoms with Crippen LogP contribution >= 0.6 is 0 Å². The van der Waals surface area contributed by atoms with Crippen LogP contribution < -0.4 is 0 Å². The Balaban J connectivity index is 1.48. The van der Waals surface area contributed by atoms with Crippen LogP contribution in [-0.4, -0.2) is 0 Å². The molecule has 0 nitrogen and oxygen atoms in total. The van der Waals surface area contributed by atoms with Crippen LogP contribution in [0.5, 0.6) is 0 Å². The maximum Gasteiger partial charge on any atom is -0.00231 e. The summed E-state index contributed by atoms with van der Waals surface area (Å²) < 4.78 is 0. The van der Waals surface area contributed by atoms with Crippen LogP contribution in [0.3, 0.4) is 0 Å². The van der Waals surface area contributed by atoms with Gasteiger partial charge in [-0.15, -0.1) is 0 Å². The van der Waals surface area contributed by atoms with Crippen LogP contribution in [0.15, 0.2) is 60.7 Å². The zero-order valence-corrected chi connectivity index (χ0v) is 28.0. The second kappa shape index (κ2) is 8.25. The molecule has 0 aromatic heterocycles. The van der Waals surface area contributed by atoms with Crippen LogP contribution in [0.1, 0.15) is 111 Å². The van der Waals surface area contributed by atoms with E-state index < -0.39 is 0 Å². The summed E-state index contributed by atoms with van der Waals surface area (Å²) in [5, 5.41) is 5.73. The summed E-state index contributed by atoms with van der Waals surface area (Å²) in [5.41, 5.74) is 19.1. The fourth-order valence-corrected chi connectivity index (χ4v) is 11.2. The quantitative estimate of drug-likeness (QED) is 0.184. The van der Waals surface area contributed by atoms with Gasteiger partial charge in [-0.25, -0.2) is 0 Å². The number of rotatable bonds is 2. The van der Waals surface area contributed by atoms with Crippen molar-refractivity contribution in [3.05, 3.63) is 105 Å². The van der Waals surface area contributed by atoms with Gasteiger partial charge in [0.2, 0.25) is 0 Å². The second-order valence-electron chi connectivity index (χ2n) is 16.8. The molecule has 0 N–H and O–H groups in total. The van der Waals surface area contributed by atoms with Crippen molar-refractivity contribution in [1.29, 1.82) is 0 Å². The summed E-state index contributed by atoms with van der Waals surface area (Å²) in [6.07, 6.45) is 7.78. The molecule has 2 fully saturated rings. The van der Waals surface area contributed by atoms with E-state index in [-0.39, 0.29) is 10.8 Å². The summed E-state index contributed by atoms with van der Waals surface area (Å²) in [6.45, 7) is 19.4. The molecule has 5 aromatic rings. The smallest absolute Gasteiger partial charge is 0.00231 e. The van der Waals surface area contributed by atoms with Crippen molar-refractivity contribution in [2.75, 3.05) is 0 Å². The maximum absolute atomic E-state index is 2.56. The summed E-state index contributed by atoms with van der Waals surface area (Å²) >= 11 is 0. The Kier molecular flexibility index (Phi) is 5.06. The minimum absolute atomic E-state index is 0.251. The largest absolute Gasteiger partial charge is 0.0613 e. The van der Waals surface area contributed by atoms with Crippen LogP contribution in [0.2, 0.25) is 0 Å². The second-order valence-corrected chi connectivity index (χ2v) is 16.8. The molecule has 4 atom stereocenters. The molecular formula is C44H46. The summed E-state index contributed by atoms with van der Waals surface area (Å²) in [6, 6.07) is 24.7. The SMILES string of the molecule is Cc1cc2c(-c3cccc4c3C3(C)CCC4(C)C3)c3cc(C)c(C)cc3c(-c3cccc4c3C3(C)CCC4(C)C3)c2cc1C. The molecule has 4 aliphatic carbocycles. The highest BCUT2D eigenvalue weighted by molar-refractivity contribution is 6.22. The number of hydrogen-bond acceptors (Lipinski definition) is 0. The lowest BCUT2D eigenvalue weighted by atomic mass is 9.72. The lowest BCUT2D eigenvalue weighted by molar-refractivity contribution is 0.484. The van der Waals surface area contributed by atoms with E-state index in [1.807, 2.05) is 0 Å². The lowest BCUT2D eigenvalue weighted by Crippen LogP contribution is -2.19. The van der Waals surface area contributed by atoms with Crippen LogP contribution in [-0.2, 0) is 21.7 Å². The van der Waals surface area contributed by atoms with Gasteiger partial charge in [0, 0.05) is 0 Å². The highest BCUT2D eigenvalue weighted by Gasteiger charge is 2.55. The van der Waals surface area contributed by atoms with E-state index in [1.165, 1.54) is 105 Å². The predicted octanol–water partition coefficient (Wildman–Crippen LogP) is 12.0. The normalized spacial score (nSPS) is 29.6. The zero-order chi connectivity index (χ0) is 30.6. The van der Waals surface area contributed by atoms with Gasteiger partial charge < -0.3 is 0 Å². The van der Waals surface area contributed by atoms with Gasteiger partial charge >= 0.3 is 0 Å². The molecule has 9 rings (SSSR count). The summed E-state index contributed by atoms with van der Waals surface area (Å²) in [4.78, 5) is 0. The molecule has 4 aliphatic rings. The van der Waals surface area contributed by atoms with E-state index >= 15 is 0 Å². The van der Waals surface area contributed by atoms with E-state index in [4.69, 9.17) is 0 Å². The topological polar surface area (TPSA) is 0 Å². The van der Waals surface area contributed by atoms with Crippen molar-refractivity contribution in [3.63, 3.8) is 0 Å². The molecule has 44 heavy (non-hydrogen) atoms. The van der Waals surface area contributed by atoms with Gasteiger partial charge in [-0.2, -0.15) is 0 Å².